The van der Waals surface area contributed by atoms with Gasteiger partial charge in [0.1, 0.15) is 12.0 Å². The Kier molecular flexibility index (Phi) is 4.52. The van der Waals surface area contributed by atoms with E-state index in [1.165, 1.54) is 6.07 Å². The molecule has 3 rings (SSSR count). The highest BCUT2D eigenvalue weighted by Crippen LogP contribution is 2.27. The molecule has 22 heavy (non-hydrogen) atoms. The van der Waals surface area contributed by atoms with Crippen LogP contribution >= 0.6 is 0 Å². The number of morpholine rings is 1. The van der Waals surface area contributed by atoms with Gasteiger partial charge in [-0.05, 0) is 41.3 Å². The van der Waals surface area contributed by atoms with Gasteiger partial charge in [-0.1, -0.05) is 30.3 Å². The van der Waals surface area contributed by atoms with E-state index in [-0.39, 0.29) is 5.82 Å². The van der Waals surface area contributed by atoms with E-state index >= 15 is 0 Å². The van der Waals surface area contributed by atoms with Crippen molar-refractivity contribution >= 4 is 0 Å². The second-order valence-corrected chi connectivity index (χ2v) is 5.60. The van der Waals surface area contributed by atoms with Crippen molar-refractivity contribution in [2.45, 2.75) is 13.2 Å². The fourth-order valence-electron chi connectivity index (χ4n) is 2.77. The molecule has 0 radical (unpaired) electrons. The van der Waals surface area contributed by atoms with Crippen LogP contribution in [0.2, 0.25) is 0 Å². The molecule has 0 spiro atoms. The number of ether oxygens (including phenoxy) is 1. The average molecular weight is 301 g/mol. The maximum absolute atomic E-state index is 13.4. The van der Waals surface area contributed by atoms with Gasteiger partial charge in [0, 0.05) is 13.1 Å². The Balaban J connectivity index is 1.81. The fraction of sp³-hybridized carbons (Fsp3) is 0.333. The summed E-state index contributed by atoms with van der Waals surface area (Å²) in [6, 6.07) is 12.5. The number of hydrogen-bond acceptors (Lipinski definition) is 3. The highest BCUT2D eigenvalue weighted by atomic mass is 19.1. The summed E-state index contributed by atoms with van der Waals surface area (Å²) >= 11 is 0. The van der Waals surface area contributed by atoms with Crippen LogP contribution in [0.15, 0.2) is 42.5 Å². The van der Waals surface area contributed by atoms with Crippen LogP contribution in [0, 0.1) is 12.7 Å². The molecule has 1 heterocycles. The summed E-state index contributed by atoms with van der Waals surface area (Å²) in [6.07, 6.45) is -0.619. The normalized spacial score (nSPS) is 17.4. The number of aryl methyl sites for hydroxylation is 1. The Morgan fingerprint density at radius 2 is 1.77 bits per heavy atom. The molecule has 3 nitrogen and oxygen atoms in total. The third-order valence-corrected chi connectivity index (χ3v) is 4.11. The number of benzene rings is 2. The molecule has 4 heteroatoms. The zero-order chi connectivity index (χ0) is 15.5. The van der Waals surface area contributed by atoms with Crippen molar-refractivity contribution in [3.8, 4) is 11.1 Å². The molecular formula is C18H20FNO2. The van der Waals surface area contributed by atoms with E-state index in [1.54, 1.807) is 12.1 Å². The van der Waals surface area contributed by atoms with Crippen LogP contribution in [-0.4, -0.2) is 36.3 Å². The minimum absolute atomic E-state index is 0.238. The first kappa shape index (κ1) is 15.2. The third kappa shape index (κ3) is 3.19. The summed E-state index contributed by atoms with van der Waals surface area (Å²) in [5.74, 6) is -0.238. The zero-order valence-electron chi connectivity index (χ0n) is 12.6. The molecule has 116 valence electrons. The molecule has 1 unspecified atom stereocenters. The van der Waals surface area contributed by atoms with Gasteiger partial charge < -0.3 is 9.84 Å². The molecule has 1 fully saturated rings. The van der Waals surface area contributed by atoms with Gasteiger partial charge in [0.2, 0.25) is 0 Å². The molecule has 2 aromatic carbocycles. The van der Waals surface area contributed by atoms with Crippen molar-refractivity contribution < 1.29 is 14.2 Å². The fourth-order valence-corrected chi connectivity index (χ4v) is 2.77. The van der Waals surface area contributed by atoms with Crippen molar-refractivity contribution in [1.82, 2.24) is 4.90 Å². The first-order valence-corrected chi connectivity index (χ1v) is 7.51. The first-order chi connectivity index (χ1) is 10.6. The lowest BCUT2D eigenvalue weighted by molar-refractivity contribution is -0.0603. The number of rotatable bonds is 3. The van der Waals surface area contributed by atoms with Crippen LogP contribution in [0.5, 0.6) is 0 Å². The van der Waals surface area contributed by atoms with Crippen LogP contribution < -0.4 is 0 Å². The van der Waals surface area contributed by atoms with Gasteiger partial charge in [-0.25, -0.2) is 4.39 Å². The Labute approximate surface area is 130 Å². The smallest absolute Gasteiger partial charge is 0.133 e. The second-order valence-electron chi connectivity index (χ2n) is 5.60. The number of aliphatic hydroxyl groups excluding tert-OH is 1. The SMILES string of the molecule is Cc1ccc(F)cc1-c1ccc(C(O)N2CCOCC2)cc1. The summed E-state index contributed by atoms with van der Waals surface area (Å²) in [7, 11) is 0. The van der Waals surface area contributed by atoms with Gasteiger partial charge in [0.25, 0.3) is 0 Å². The first-order valence-electron chi connectivity index (χ1n) is 7.51. The van der Waals surface area contributed by atoms with Gasteiger partial charge in [-0.2, -0.15) is 0 Å². The van der Waals surface area contributed by atoms with E-state index < -0.39 is 6.23 Å². The van der Waals surface area contributed by atoms with Gasteiger partial charge in [-0.15, -0.1) is 0 Å². The monoisotopic (exact) mass is 301 g/mol. The van der Waals surface area contributed by atoms with E-state index in [2.05, 4.69) is 0 Å². The lowest BCUT2D eigenvalue weighted by Crippen LogP contribution is -2.38. The highest BCUT2D eigenvalue weighted by molar-refractivity contribution is 5.67. The molecule has 1 aliphatic rings. The minimum Gasteiger partial charge on any atom is -0.379 e. The minimum atomic E-state index is -0.619. The van der Waals surface area contributed by atoms with Crippen molar-refractivity contribution in [2.24, 2.45) is 0 Å². The van der Waals surface area contributed by atoms with Crippen LogP contribution in [0.3, 0.4) is 0 Å². The largest absolute Gasteiger partial charge is 0.379 e. The van der Waals surface area contributed by atoms with Crippen LogP contribution in [-0.2, 0) is 4.74 Å². The van der Waals surface area contributed by atoms with Crippen molar-refractivity contribution in [1.29, 1.82) is 0 Å². The van der Waals surface area contributed by atoms with E-state index in [1.807, 2.05) is 36.1 Å². The number of halogens is 1. The lowest BCUT2D eigenvalue weighted by atomic mass is 9.99. The quantitative estimate of drug-likeness (QED) is 0.945. The summed E-state index contributed by atoms with van der Waals surface area (Å²) < 4.78 is 18.7. The van der Waals surface area contributed by atoms with Crippen LogP contribution in [0.4, 0.5) is 4.39 Å². The number of hydrogen-bond donors (Lipinski definition) is 1. The molecule has 0 amide bonds. The highest BCUT2D eigenvalue weighted by Gasteiger charge is 2.20. The Morgan fingerprint density at radius 3 is 2.45 bits per heavy atom. The molecule has 0 aromatic heterocycles. The van der Waals surface area contributed by atoms with Gasteiger partial charge >= 0.3 is 0 Å². The number of aliphatic hydroxyl groups is 1. The molecule has 2 aromatic rings. The molecule has 1 saturated heterocycles. The third-order valence-electron chi connectivity index (χ3n) is 4.11. The van der Waals surface area contributed by atoms with E-state index in [4.69, 9.17) is 4.74 Å². The predicted molar refractivity (Wildman–Crippen MR) is 83.9 cm³/mol. The van der Waals surface area contributed by atoms with E-state index in [0.29, 0.717) is 13.2 Å². The van der Waals surface area contributed by atoms with E-state index in [9.17, 15) is 9.50 Å². The molecule has 0 bridgehead atoms. The lowest BCUT2D eigenvalue weighted by Gasteiger charge is -2.31. The van der Waals surface area contributed by atoms with Crippen LogP contribution in [0.1, 0.15) is 17.4 Å². The van der Waals surface area contributed by atoms with Gasteiger partial charge in [0.05, 0.1) is 13.2 Å². The molecular weight excluding hydrogens is 281 g/mol. The van der Waals surface area contributed by atoms with Crippen molar-refractivity contribution in [2.75, 3.05) is 26.3 Å². The number of nitrogens with zero attached hydrogens (tertiary/aromatic N) is 1. The molecule has 0 aliphatic carbocycles. The zero-order valence-corrected chi connectivity index (χ0v) is 12.6. The molecule has 1 atom stereocenters. The van der Waals surface area contributed by atoms with Gasteiger partial charge in [0.15, 0.2) is 0 Å². The van der Waals surface area contributed by atoms with Crippen molar-refractivity contribution in [3.63, 3.8) is 0 Å². The Hall–Kier alpha value is -1.75. The van der Waals surface area contributed by atoms with E-state index in [0.717, 1.165) is 35.3 Å². The molecule has 1 aliphatic heterocycles. The summed E-state index contributed by atoms with van der Waals surface area (Å²) in [5.41, 5.74) is 3.71. The summed E-state index contributed by atoms with van der Waals surface area (Å²) in [5, 5.41) is 10.4. The maximum Gasteiger partial charge on any atom is 0.133 e. The summed E-state index contributed by atoms with van der Waals surface area (Å²) in [6.45, 7) is 4.72. The molecule has 0 saturated carbocycles. The Bertz CT molecular complexity index is 636. The Morgan fingerprint density at radius 1 is 1.09 bits per heavy atom. The van der Waals surface area contributed by atoms with Crippen LogP contribution in [0.25, 0.3) is 11.1 Å². The maximum atomic E-state index is 13.4. The van der Waals surface area contributed by atoms with Crippen molar-refractivity contribution in [3.05, 3.63) is 59.4 Å². The molecule has 1 N–H and O–H groups in total. The summed E-state index contributed by atoms with van der Waals surface area (Å²) in [4.78, 5) is 1.99. The van der Waals surface area contributed by atoms with Gasteiger partial charge in [-0.3, -0.25) is 4.90 Å². The topological polar surface area (TPSA) is 32.7 Å². The average Bonchev–Trinajstić information content (AvgIpc) is 2.57. The standard InChI is InChI=1S/C18H20FNO2/c1-13-2-7-16(19)12-17(13)14-3-5-15(6-4-14)18(21)20-8-10-22-11-9-20/h2-7,12,18,21H,8-11H2,1H3. The predicted octanol–water partition coefficient (Wildman–Crippen LogP) is 3.12. The second kappa shape index (κ2) is 6.57.